The Kier molecular flexibility index (Phi) is 5.62. The number of para-hydroxylation sites is 1. The number of benzene rings is 1. The average molecular weight is 397 g/mol. The number of rotatable bonds is 4. The number of carbonyl (C=O) groups excluding carboxylic acids is 2. The molecule has 2 aromatic rings. The standard InChI is InChI=1S/C21H27N5O3/c1-15-4-2-6-17-20(15)23-14-25(21(17)29)10-7-18(27)24-9-3-5-16(13-24)26-11-8-22-12-19(26)28/h2,4,6,14,16,22H,3,5,7-13H2,1H3. The van der Waals surface area contributed by atoms with Crippen LogP contribution in [0.15, 0.2) is 29.3 Å². The first kappa shape index (κ1) is 19.6. The van der Waals surface area contributed by atoms with Crippen LogP contribution in [-0.2, 0) is 16.1 Å². The van der Waals surface area contributed by atoms with Crippen molar-refractivity contribution in [2.75, 3.05) is 32.7 Å². The number of carbonyl (C=O) groups is 2. The van der Waals surface area contributed by atoms with E-state index < -0.39 is 0 Å². The second-order valence-corrected chi connectivity index (χ2v) is 7.86. The smallest absolute Gasteiger partial charge is 0.261 e. The van der Waals surface area contributed by atoms with Gasteiger partial charge in [-0.15, -0.1) is 0 Å². The molecule has 8 heteroatoms. The van der Waals surface area contributed by atoms with Crippen molar-refractivity contribution in [2.45, 2.75) is 38.8 Å². The van der Waals surface area contributed by atoms with Crippen molar-refractivity contribution in [1.82, 2.24) is 24.7 Å². The number of nitrogens with zero attached hydrogens (tertiary/aromatic N) is 4. The number of hydrogen-bond donors (Lipinski definition) is 1. The molecule has 1 atom stereocenters. The first-order valence-electron chi connectivity index (χ1n) is 10.3. The summed E-state index contributed by atoms with van der Waals surface area (Å²) < 4.78 is 1.51. The Balaban J connectivity index is 1.40. The summed E-state index contributed by atoms with van der Waals surface area (Å²) in [5.74, 6) is 0.133. The topological polar surface area (TPSA) is 87.5 Å². The van der Waals surface area contributed by atoms with Crippen LogP contribution < -0.4 is 10.9 Å². The third kappa shape index (κ3) is 4.03. The number of amides is 2. The minimum absolute atomic E-state index is 0.0218. The molecule has 1 N–H and O–H groups in total. The summed E-state index contributed by atoms with van der Waals surface area (Å²) in [7, 11) is 0. The van der Waals surface area contributed by atoms with Crippen LogP contribution in [0.3, 0.4) is 0 Å². The molecule has 4 rings (SSSR count). The fourth-order valence-corrected chi connectivity index (χ4v) is 4.31. The number of nitrogens with one attached hydrogen (secondary N) is 1. The van der Waals surface area contributed by atoms with E-state index in [1.54, 1.807) is 6.07 Å². The van der Waals surface area contributed by atoms with Crippen LogP contribution in [0.4, 0.5) is 0 Å². The van der Waals surface area contributed by atoms with Crippen molar-refractivity contribution >= 4 is 22.7 Å². The van der Waals surface area contributed by atoms with Crippen molar-refractivity contribution in [2.24, 2.45) is 0 Å². The summed E-state index contributed by atoms with van der Waals surface area (Å²) in [4.78, 5) is 45.8. The van der Waals surface area contributed by atoms with Crippen molar-refractivity contribution in [3.63, 3.8) is 0 Å². The molecule has 2 saturated heterocycles. The van der Waals surface area contributed by atoms with Crippen molar-refractivity contribution < 1.29 is 9.59 Å². The van der Waals surface area contributed by atoms with Gasteiger partial charge in [-0.05, 0) is 31.4 Å². The van der Waals surface area contributed by atoms with Gasteiger partial charge in [-0.2, -0.15) is 0 Å². The summed E-state index contributed by atoms with van der Waals surface area (Å²) in [6.07, 6.45) is 3.61. The second-order valence-electron chi connectivity index (χ2n) is 7.86. The summed E-state index contributed by atoms with van der Waals surface area (Å²) >= 11 is 0. The number of likely N-dealkylation sites (tertiary alicyclic amines) is 1. The van der Waals surface area contributed by atoms with Crippen LogP contribution in [0.1, 0.15) is 24.8 Å². The highest BCUT2D eigenvalue weighted by molar-refractivity contribution is 5.81. The predicted molar refractivity (Wildman–Crippen MR) is 110 cm³/mol. The average Bonchev–Trinajstić information content (AvgIpc) is 2.74. The van der Waals surface area contributed by atoms with Crippen LogP contribution in [0, 0.1) is 6.92 Å². The fraction of sp³-hybridized carbons (Fsp3) is 0.524. The van der Waals surface area contributed by atoms with E-state index in [0.29, 0.717) is 43.6 Å². The van der Waals surface area contributed by atoms with Gasteiger partial charge in [-0.3, -0.25) is 19.0 Å². The zero-order valence-electron chi connectivity index (χ0n) is 16.8. The Morgan fingerprint density at radius 3 is 2.97 bits per heavy atom. The Labute approximate surface area is 169 Å². The molecule has 29 heavy (non-hydrogen) atoms. The number of aromatic nitrogens is 2. The maximum Gasteiger partial charge on any atom is 0.261 e. The molecule has 2 amide bonds. The molecular formula is C21H27N5O3. The van der Waals surface area contributed by atoms with Crippen LogP contribution in [0.25, 0.3) is 10.9 Å². The third-order valence-electron chi connectivity index (χ3n) is 5.94. The van der Waals surface area contributed by atoms with Crippen LogP contribution in [0.5, 0.6) is 0 Å². The van der Waals surface area contributed by atoms with Gasteiger partial charge in [-0.1, -0.05) is 12.1 Å². The van der Waals surface area contributed by atoms with E-state index in [1.165, 1.54) is 10.9 Å². The first-order chi connectivity index (χ1) is 14.0. The van der Waals surface area contributed by atoms with Crippen molar-refractivity contribution in [3.05, 3.63) is 40.4 Å². The molecular weight excluding hydrogens is 370 g/mol. The van der Waals surface area contributed by atoms with Gasteiger partial charge >= 0.3 is 0 Å². The van der Waals surface area contributed by atoms with Gasteiger partial charge in [0.25, 0.3) is 5.56 Å². The van der Waals surface area contributed by atoms with Gasteiger partial charge in [0.05, 0.1) is 23.8 Å². The lowest BCUT2D eigenvalue weighted by Crippen LogP contribution is -2.57. The zero-order valence-corrected chi connectivity index (χ0v) is 16.8. The lowest BCUT2D eigenvalue weighted by Gasteiger charge is -2.41. The quantitative estimate of drug-likeness (QED) is 0.813. The molecule has 0 aliphatic carbocycles. The second kappa shape index (κ2) is 8.32. The van der Waals surface area contributed by atoms with E-state index in [0.717, 1.165) is 24.9 Å². The molecule has 154 valence electrons. The molecule has 8 nitrogen and oxygen atoms in total. The third-order valence-corrected chi connectivity index (χ3v) is 5.94. The SMILES string of the molecule is Cc1cccc2c(=O)n(CCC(=O)N3CCCC(N4CCNCC4=O)C3)cnc12. The summed E-state index contributed by atoms with van der Waals surface area (Å²) in [6, 6.07) is 5.64. The number of piperazine rings is 1. The molecule has 0 spiro atoms. The molecule has 1 aromatic carbocycles. The highest BCUT2D eigenvalue weighted by Crippen LogP contribution is 2.18. The highest BCUT2D eigenvalue weighted by Gasteiger charge is 2.31. The molecule has 2 aliphatic rings. The monoisotopic (exact) mass is 397 g/mol. The van der Waals surface area contributed by atoms with Gasteiger partial charge in [0.1, 0.15) is 0 Å². The highest BCUT2D eigenvalue weighted by atomic mass is 16.2. The van der Waals surface area contributed by atoms with E-state index in [1.807, 2.05) is 28.9 Å². The Hall–Kier alpha value is -2.74. The van der Waals surface area contributed by atoms with Gasteiger partial charge < -0.3 is 15.1 Å². The minimum Gasteiger partial charge on any atom is -0.341 e. The molecule has 2 aliphatic heterocycles. The van der Waals surface area contributed by atoms with Gasteiger partial charge in [0.2, 0.25) is 11.8 Å². The lowest BCUT2D eigenvalue weighted by molar-refractivity contribution is -0.140. The van der Waals surface area contributed by atoms with E-state index in [4.69, 9.17) is 0 Å². The Bertz CT molecular complexity index is 986. The zero-order chi connectivity index (χ0) is 20.4. The largest absolute Gasteiger partial charge is 0.341 e. The number of hydrogen-bond acceptors (Lipinski definition) is 5. The van der Waals surface area contributed by atoms with E-state index in [2.05, 4.69) is 10.3 Å². The Morgan fingerprint density at radius 2 is 2.14 bits per heavy atom. The summed E-state index contributed by atoms with van der Waals surface area (Å²) in [5, 5.41) is 3.67. The maximum atomic E-state index is 12.8. The van der Waals surface area contributed by atoms with Crippen molar-refractivity contribution in [1.29, 1.82) is 0 Å². The lowest BCUT2D eigenvalue weighted by atomic mass is 10.0. The van der Waals surface area contributed by atoms with Crippen LogP contribution in [0.2, 0.25) is 0 Å². The summed E-state index contributed by atoms with van der Waals surface area (Å²) in [6.45, 7) is 5.40. The minimum atomic E-state index is -0.116. The molecule has 3 heterocycles. The number of aryl methyl sites for hydroxylation is 2. The van der Waals surface area contributed by atoms with E-state index in [-0.39, 0.29) is 29.8 Å². The van der Waals surface area contributed by atoms with Crippen LogP contribution in [-0.4, -0.2) is 69.9 Å². The number of fused-ring (bicyclic) bond motifs is 1. The first-order valence-corrected chi connectivity index (χ1v) is 10.3. The van der Waals surface area contributed by atoms with Gasteiger partial charge in [0, 0.05) is 45.2 Å². The fourth-order valence-electron chi connectivity index (χ4n) is 4.31. The number of piperidine rings is 1. The Morgan fingerprint density at radius 1 is 1.28 bits per heavy atom. The summed E-state index contributed by atoms with van der Waals surface area (Å²) in [5.41, 5.74) is 1.55. The molecule has 0 radical (unpaired) electrons. The molecule has 0 bridgehead atoms. The molecule has 1 aromatic heterocycles. The molecule has 0 saturated carbocycles. The molecule has 2 fully saturated rings. The van der Waals surface area contributed by atoms with Crippen molar-refractivity contribution in [3.8, 4) is 0 Å². The molecule has 1 unspecified atom stereocenters. The predicted octanol–water partition coefficient (Wildman–Crippen LogP) is 0.518. The maximum absolute atomic E-state index is 12.8. The van der Waals surface area contributed by atoms with Crippen LogP contribution >= 0.6 is 0 Å². The van der Waals surface area contributed by atoms with Gasteiger partial charge in [0.15, 0.2) is 0 Å². The normalized spacial score (nSPS) is 20.3. The van der Waals surface area contributed by atoms with E-state index >= 15 is 0 Å². The van der Waals surface area contributed by atoms with E-state index in [9.17, 15) is 14.4 Å². The van der Waals surface area contributed by atoms with Gasteiger partial charge in [-0.25, -0.2) is 4.98 Å².